The molecule has 0 unspecified atom stereocenters. The maximum Gasteiger partial charge on any atom is 0.482 e. The Balaban J connectivity index is 2.60. The van der Waals surface area contributed by atoms with Crippen molar-refractivity contribution in [1.82, 2.24) is 5.27 Å². The normalized spacial score (nSPS) is 11.7. The summed E-state index contributed by atoms with van der Waals surface area (Å²) in [6.45, 7) is 0. The largest absolute Gasteiger partial charge is 0.539 e. The lowest BCUT2D eigenvalue weighted by Gasteiger charge is -2.01. The Morgan fingerprint density at radius 3 is 2.38 bits per heavy atom. The summed E-state index contributed by atoms with van der Waals surface area (Å²) in [5, 5.41) is 14.0. The van der Waals surface area contributed by atoms with Crippen LogP contribution in [0, 0.1) is 0 Å². The summed E-state index contributed by atoms with van der Waals surface area (Å²) in [6, 6.07) is 7.47. The summed E-state index contributed by atoms with van der Waals surface area (Å²) in [6.07, 6.45) is -4.80. The first-order valence-corrected chi connectivity index (χ1v) is 4.22. The van der Waals surface area contributed by atoms with E-state index < -0.39 is 17.8 Å². The van der Waals surface area contributed by atoms with Gasteiger partial charge in [0.1, 0.15) is 0 Å². The van der Waals surface area contributed by atoms with E-state index in [0.717, 1.165) is 0 Å². The van der Waals surface area contributed by atoms with Crippen LogP contribution in [0.2, 0.25) is 0 Å². The van der Waals surface area contributed by atoms with Gasteiger partial charge in [0.25, 0.3) is 0 Å². The highest BCUT2D eigenvalue weighted by Gasteiger charge is 2.45. The summed E-state index contributed by atoms with van der Waals surface area (Å²) in [7, 11) is 0. The van der Waals surface area contributed by atoms with E-state index in [-0.39, 0.29) is 5.69 Å². The molecular weight excluding hydrogens is 225 g/mol. The Hall–Kier alpha value is -2.05. The van der Waals surface area contributed by atoms with Crippen LogP contribution in [0.4, 0.5) is 13.2 Å². The molecule has 0 atom stereocenters. The number of nitrogens with zero attached hydrogens (tertiary/aromatic N) is 2. The van der Waals surface area contributed by atoms with Gasteiger partial charge in [0.05, 0.1) is 5.27 Å². The predicted octanol–water partition coefficient (Wildman–Crippen LogP) is 1.04. The molecule has 0 radical (unpaired) electrons. The van der Waals surface area contributed by atoms with Crippen molar-refractivity contribution >= 4 is 0 Å². The monoisotopic (exact) mass is 230 g/mol. The van der Waals surface area contributed by atoms with E-state index in [4.69, 9.17) is 0 Å². The van der Waals surface area contributed by atoms with E-state index in [1.165, 1.54) is 24.3 Å². The van der Waals surface area contributed by atoms with E-state index in [1.807, 2.05) is 0 Å². The van der Waals surface area contributed by atoms with Crippen molar-refractivity contribution in [2.75, 3.05) is 0 Å². The smallest absolute Gasteiger partial charge is 0.482 e. The molecule has 2 aromatic rings. The topological polar surface area (TPSA) is 53.0 Å². The molecule has 0 spiro atoms. The number of halogens is 3. The zero-order valence-electron chi connectivity index (χ0n) is 7.73. The van der Waals surface area contributed by atoms with Crippen molar-refractivity contribution in [1.29, 1.82) is 0 Å². The minimum atomic E-state index is -4.80. The molecule has 0 N–H and O–H groups in total. The maximum absolute atomic E-state index is 12.5. The highest BCUT2D eigenvalue weighted by Crippen LogP contribution is 2.31. The van der Waals surface area contributed by atoms with E-state index in [2.05, 4.69) is 9.79 Å². The van der Waals surface area contributed by atoms with Crippen LogP contribution in [0.15, 0.2) is 34.9 Å². The predicted molar refractivity (Wildman–Crippen MR) is 42.5 cm³/mol. The Labute approximate surface area is 87.5 Å². The third kappa shape index (κ3) is 1.71. The number of hydrogen-bond donors (Lipinski definition) is 0. The van der Waals surface area contributed by atoms with Gasteiger partial charge in [0, 0.05) is 12.1 Å². The number of alkyl halides is 3. The lowest BCUT2D eigenvalue weighted by atomic mass is 10.3. The molecule has 0 saturated heterocycles. The zero-order valence-corrected chi connectivity index (χ0v) is 7.73. The molecule has 0 saturated carbocycles. The van der Waals surface area contributed by atoms with Crippen LogP contribution in [0.5, 0.6) is 5.95 Å². The van der Waals surface area contributed by atoms with Gasteiger partial charge in [-0.25, -0.2) is 0 Å². The van der Waals surface area contributed by atoms with Crippen molar-refractivity contribution in [3.8, 4) is 11.6 Å². The Bertz CT molecular complexity index is 493. The van der Waals surface area contributed by atoms with Gasteiger partial charge in [0.15, 0.2) is 5.95 Å². The fraction of sp³-hybridized carbons (Fsp3) is 0.111. The van der Waals surface area contributed by atoms with Crippen LogP contribution in [0.3, 0.4) is 0 Å². The van der Waals surface area contributed by atoms with E-state index in [0.29, 0.717) is 4.68 Å². The first kappa shape index (κ1) is 10.5. The van der Waals surface area contributed by atoms with Crippen LogP contribution in [-0.4, -0.2) is 5.27 Å². The van der Waals surface area contributed by atoms with Gasteiger partial charge in [-0.05, 0) is 4.68 Å². The average molecular weight is 230 g/mol. The molecule has 1 heterocycles. The van der Waals surface area contributed by atoms with Crippen LogP contribution >= 0.6 is 0 Å². The summed E-state index contributed by atoms with van der Waals surface area (Å²) in [5.74, 6) is -1.50. The molecular formula is C9H5F3N2O2. The third-order valence-corrected chi connectivity index (χ3v) is 1.88. The highest BCUT2D eigenvalue weighted by atomic mass is 19.4. The van der Waals surface area contributed by atoms with Gasteiger partial charge in [-0.15, -0.1) is 0 Å². The molecule has 0 bridgehead atoms. The highest BCUT2D eigenvalue weighted by molar-refractivity contribution is 5.22. The second-order valence-electron chi connectivity index (χ2n) is 2.95. The second-order valence-corrected chi connectivity index (χ2v) is 2.95. The molecule has 0 aliphatic rings. The van der Waals surface area contributed by atoms with Crippen molar-refractivity contribution in [3.05, 3.63) is 36.0 Å². The van der Waals surface area contributed by atoms with E-state index >= 15 is 0 Å². The number of rotatable bonds is 1. The van der Waals surface area contributed by atoms with E-state index in [9.17, 15) is 18.3 Å². The first-order chi connectivity index (χ1) is 7.50. The maximum atomic E-state index is 12.5. The van der Waals surface area contributed by atoms with Gasteiger partial charge in [0.2, 0.25) is 5.69 Å². The van der Waals surface area contributed by atoms with Crippen molar-refractivity contribution in [2.24, 2.45) is 0 Å². The van der Waals surface area contributed by atoms with Gasteiger partial charge >= 0.3 is 11.9 Å². The molecule has 0 aliphatic heterocycles. The van der Waals surface area contributed by atoms with Crippen LogP contribution in [0.25, 0.3) is 5.69 Å². The van der Waals surface area contributed by atoms with Gasteiger partial charge in [-0.1, -0.05) is 18.2 Å². The van der Waals surface area contributed by atoms with Gasteiger partial charge in [-0.2, -0.15) is 13.2 Å². The average Bonchev–Trinajstić information content (AvgIpc) is 2.61. The molecule has 7 heteroatoms. The second kappa shape index (κ2) is 3.51. The van der Waals surface area contributed by atoms with Crippen molar-refractivity contribution < 1.29 is 27.5 Å². The summed E-state index contributed by atoms with van der Waals surface area (Å²) >= 11 is 0. The zero-order chi connectivity index (χ0) is 11.8. The lowest BCUT2D eigenvalue weighted by Crippen LogP contribution is -2.40. The molecule has 1 aromatic heterocycles. The number of aromatic nitrogens is 2. The third-order valence-electron chi connectivity index (χ3n) is 1.88. The standard InChI is InChI=1S/C9H5F3N2O2/c10-9(11,12)7-8(15)16-13-14(7)6-4-2-1-3-5-6/h1-5H. The van der Waals surface area contributed by atoms with Crippen molar-refractivity contribution in [2.45, 2.75) is 6.18 Å². The Kier molecular flexibility index (Phi) is 2.30. The number of benzene rings is 1. The minimum Gasteiger partial charge on any atom is -0.539 e. The number of hydrogen-bond acceptors (Lipinski definition) is 3. The molecule has 1 aromatic carbocycles. The molecule has 16 heavy (non-hydrogen) atoms. The van der Waals surface area contributed by atoms with E-state index in [1.54, 1.807) is 6.07 Å². The molecule has 4 nitrogen and oxygen atoms in total. The SMILES string of the molecule is [O-]c1on[n+](-c2ccccc2)c1C(F)(F)F. The fourth-order valence-corrected chi connectivity index (χ4v) is 1.23. The summed E-state index contributed by atoms with van der Waals surface area (Å²) < 4.78 is 42.0. The summed E-state index contributed by atoms with van der Waals surface area (Å²) in [5.41, 5.74) is -1.33. The quantitative estimate of drug-likeness (QED) is 0.688. The van der Waals surface area contributed by atoms with Gasteiger partial charge < -0.3 is 9.63 Å². The Morgan fingerprint density at radius 1 is 1.19 bits per heavy atom. The molecule has 0 aliphatic carbocycles. The number of para-hydroxylation sites is 1. The molecule has 0 fully saturated rings. The molecule has 0 amide bonds. The first-order valence-electron chi connectivity index (χ1n) is 4.22. The minimum absolute atomic E-state index is 0.112. The van der Waals surface area contributed by atoms with Crippen LogP contribution in [0.1, 0.15) is 5.69 Å². The van der Waals surface area contributed by atoms with Crippen LogP contribution < -0.4 is 9.79 Å². The Morgan fingerprint density at radius 2 is 1.81 bits per heavy atom. The lowest BCUT2D eigenvalue weighted by molar-refractivity contribution is -0.688. The molecule has 84 valence electrons. The summed E-state index contributed by atoms with van der Waals surface area (Å²) in [4.78, 5) is 0. The van der Waals surface area contributed by atoms with Gasteiger partial charge in [-0.3, -0.25) is 0 Å². The van der Waals surface area contributed by atoms with Crippen LogP contribution in [-0.2, 0) is 6.18 Å². The molecule has 2 rings (SSSR count). The fourth-order valence-electron chi connectivity index (χ4n) is 1.23. The van der Waals surface area contributed by atoms with Crippen molar-refractivity contribution in [3.63, 3.8) is 0 Å².